The maximum absolute atomic E-state index is 6.13. The molecule has 0 atom stereocenters. The van der Waals surface area contributed by atoms with Crippen LogP contribution >= 0.6 is 22.9 Å². The largest absolute Gasteiger partial charge is 0.353 e. The summed E-state index contributed by atoms with van der Waals surface area (Å²) in [5.74, 6) is 1.57. The summed E-state index contributed by atoms with van der Waals surface area (Å²) in [7, 11) is 0. The second-order valence-electron chi connectivity index (χ2n) is 5.31. The van der Waals surface area contributed by atoms with Gasteiger partial charge in [0.25, 0.3) is 0 Å². The van der Waals surface area contributed by atoms with Crippen molar-refractivity contribution in [3.8, 4) is 0 Å². The summed E-state index contributed by atoms with van der Waals surface area (Å²) in [6.07, 6.45) is 1.86. The van der Waals surface area contributed by atoms with E-state index in [-0.39, 0.29) is 0 Å². The SMILES string of the molecule is Cc1cc(C)c(CCl)c(N2CCN(c3nccs3)CC2)n1. The van der Waals surface area contributed by atoms with E-state index in [4.69, 9.17) is 16.6 Å². The van der Waals surface area contributed by atoms with Gasteiger partial charge in [-0.2, -0.15) is 0 Å². The van der Waals surface area contributed by atoms with Crippen molar-refractivity contribution in [3.63, 3.8) is 0 Å². The fourth-order valence-corrected chi connectivity index (χ4v) is 3.78. The summed E-state index contributed by atoms with van der Waals surface area (Å²) >= 11 is 7.83. The number of hydrogen-bond donors (Lipinski definition) is 0. The Morgan fingerprint density at radius 1 is 1.19 bits per heavy atom. The van der Waals surface area contributed by atoms with E-state index >= 15 is 0 Å². The highest BCUT2D eigenvalue weighted by Gasteiger charge is 2.22. The number of aryl methyl sites for hydroxylation is 2. The zero-order chi connectivity index (χ0) is 14.8. The van der Waals surface area contributed by atoms with Crippen molar-refractivity contribution in [2.45, 2.75) is 19.7 Å². The number of nitrogens with zero attached hydrogens (tertiary/aromatic N) is 4. The number of halogens is 1. The molecule has 0 amide bonds. The highest BCUT2D eigenvalue weighted by atomic mass is 35.5. The molecule has 1 aliphatic rings. The molecule has 2 aromatic heterocycles. The molecule has 1 fully saturated rings. The smallest absolute Gasteiger partial charge is 0.185 e. The molecule has 1 aliphatic heterocycles. The quantitative estimate of drug-likeness (QED) is 0.812. The van der Waals surface area contributed by atoms with Crippen LogP contribution in [0.2, 0.25) is 0 Å². The molecule has 3 heterocycles. The maximum Gasteiger partial charge on any atom is 0.185 e. The molecule has 0 aromatic carbocycles. The van der Waals surface area contributed by atoms with E-state index in [2.05, 4.69) is 27.8 Å². The van der Waals surface area contributed by atoms with Gasteiger partial charge in [-0.3, -0.25) is 0 Å². The molecule has 0 spiro atoms. The standard InChI is InChI=1S/C15H19ClN4S/c1-11-9-12(2)18-14(13(11)10-16)19-4-6-20(7-5-19)15-17-3-8-21-15/h3,8-9H,4-7,10H2,1-2H3. The van der Waals surface area contributed by atoms with E-state index in [1.54, 1.807) is 11.3 Å². The molecule has 0 unspecified atom stereocenters. The van der Waals surface area contributed by atoms with Crippen LogP contribution in [0.4, 0.5) is 10.9 Å². The van der Waals surface area contributed by atoms with Crippen molar-refractivity contribution in [3.05, 3.63) is 34.5 Å². The number of alkyl halides is 1. The van der Waals surface area contributed by atoms with Gasteiger partial charge in [0.15, 0.2) is 5.13 Å². The van der Waals surface area contributed by atoms with E-state index in [1.807, 2.05) is 18.5 Å². The Hall–Kier alpha value is -1.33. The first kappa shape index (κ1) is 14.6. The molecule has 0 N–H and O–H groups in total. The lowest BCUT2D eigenvalue weighted by atomic mass is 10.1. The van der Waals surface area contributed by atoms with Gasteiger partial charge in [0, 0.05) is 49.0 Å². The van der Waals surface area contributed by atoms with E-state index in [1.165, 1.54) is 5.56 Å². The second kappa shape index (κ2) is 6.20. The Kier molecular flexibility index (Phi) is 4.31. The molecular formula is C15H19ClN4S. The first-order valence-electron chi connectivity index (χ1n) is 7.11. The Labute approximate surface area is 134 Å². The van der Waals surface area contributed by atoms with Crippen molar-refractivity contribution >= 4 is 33.9 Å². The molecule has 21 heavy (non-hydrogen) atoms. The minimum Gasteiger partial charge on any atom is -0.353 e. The van der Waals surface area contributed by atoms with Crippen LogP contribution in [0.1, 0.15) is 16.8 Å². The van der Waals surface area contributed by atoms with Crippen LogP contribution in [0.3, 0.4) is 0 Å². The van der Waals surface area contributed by atoms with Gasteiger partial charge in [-0.1, -0.05) is 0 Å². The monoisotopic (exact) mass is 322 g/mol. The fourth-order valence-electron chi connectivity index (χ4n) is 2.75. The number of rotatable bonds is 3. The van der Waals surface area contributed by atoms with Gasteiger partial charge < -0.3 is 9.80 Å². The predicted octanol–water partition coefficient (Wildman–Crippen LogP) is 3.22. The Morgan fingerprint density at radius 2 is 1.90 bits per heavy atom. The molecule has 0 bridgehead atoms. The van der Waals surface area contributed by atoms with Crippen LogP contribution in [0, 0.1) is 13.8 Å². The first-order chi connectivity index (χ1) is 10.2. The summed E-state index contributed by atoms with van der Waals surface area (Å²) in [5.41, 5.74) is 3.44. The molecule has 0 aliphatic carbocycles. The molecule has 2 aromatic rings. The van der Waals surface area contributed by atoms with Gasteiger partial charge in [0.1, 0.15) is 5.82 Å². The third-order valence-electron chi connectivity index (χ3n) is 3.86. The number of aromatic nitrogens is 2. The van der Waals surface area contributed by atoms with Crippen LogP contribution in [0.15, 0.2) is 17.6 Å². The van der Waals surface area contributed by atoms with Crippen LogP contribution < -0.4 is 9.80 Å². The molecule has 0 radical (unpaired) electrons. The molecule has 112 valence electrons. The summed E-state index contributed by atoms with van der Waals surface area (Å²) in [4.78, 5) is 13.8. The molecular weight excluding hydrogens is 304 g/mol. The summed E-state index contributed by atoms with van der Waals surface area (Å²) in [5, 5.41) is 3.14. The normalized spacial score (nSPS) is 15.6. The number of hydrogen-bond acceptors (Lipinski definition) is 5. The number of anilines is 2. The van der Waals surface area contributed by atoms with Crippen molar-refractivity contribution in [1.29, 1.82) is 0 Å². The topological polar surface area (TPSA) is 32.3 Å². The lowest BCUT2D eigenvalue weighted by Crippen LogP contribution is -2.47. The zero-order valence-electron chi connectivity index (χ0n) is 12.3. The Morgan fingerprint density at radius 3 is 2.52 bits per heavy atom. The minimum absolute atomic E-state index is 0.515. The summed E-state index contributed by atoms with van der Waals surface area (Å²) < 4.78 is 0. The lowest BCUT2D eigenvalue weighted by Gasteiger charge is -2.36. The predicted molar refractivity (Wildman–Crippen MR) is 89.8 cm³/mol. The van der Waals surface area contributed by atoms with Gasteiger partial charge in [0.05, 0.1) is 5.88 Å². The average Bonchev–Trinajstić information content (AvgIpc) is 3.01. The molecule has 4 nitrogen and oxygen atoms in total. The molecule has 1 saturated heterocycles. The van der Waals surface area contributed by atoms with Crippen LogP contribution in [-0.4, -0.2) is 36.1 Å². The number of pyridine rings is 1. The van der Waals surface area contributed by atoms with E-state index in [0.29, 0.717) is 5.88 Å². The average molecular weight is 323 g/mol. The highest BCUT2D eigenvalue weighted by Crippen LogP contribution is 2.26. The third kappa shape index (κ3) is 2.99. The van der Waals surface area contributed by atoms with Gasteiger partial charge in [0.2, 0.25) is 0 Å². The lowest BCUT2D eigenvalue weighted by molar-refractivity contribution is 0.643. The maximum atomic E-state index is 6.13. The Bertz CT molecular complexity index is 606. The molecule has 6 heteroatoms. The van der Waals surface area contributed by atoms with Crippen molar-refractivity contribution in [1.82, 2.24) is 9.97 Å². The van der Waals surface area contributed by atoms with Crippen LogP contribution in [0.25, 0.3) is 0 Å². The second-order valence-corrected chi connectivity index (χ2v) is 6.45. The number of piperazine rings is 1. The van der Waals surface area contributed by atoms with E-state index < -0.39 is 0 Å². The molecule has 0 saturated carbocycles. The van der Waals surface area contributed by atoms with Crippen molar-refractivity contribution in [2.24, 2.45) is 0 Å². The van der Waals surface area contributed by atoms with Gasteiger partial charge >= 0.3 is 0 Å². The van der Waals surface area contributed by atoms with Gasteiger partial charge in [-0.15, -0.1) is 22.9 Å². The zero-order valence-corrected chi connectivity index (χ0v) is 13.9. The van der Waals surface area contributed by atoms with Crippen LogP contribution in [-0.2, 0) is 5.88 Å². The first-order valence-corrected chi connectivity index (χ1v) is 8.53. The van der Waals surface area contributed by atoms with E-state index in [0.717, 1.165) is 48.4 Å². The minimum atomic E-state index is 0.515. The number of thiazole rings is 1. The van der Waals surface area contributed by atoms with Crippen molar-refractivity contribution < 1.29 is 0 Å². The molecule has 3 rings (SSSR count). The third-order valence-corrected chi connectivity index (χ3v) is 4.96. The van der Waals surface area contributed by atoms with Gasteiger partial charge in [-0.05, 0) is 25.5 Å². The fraction of sp³-hybridized carbons (Fsp3) is 0.467. The van der Waals surface area contributed by atoms with Crippen LogP contribution in [0.5, 0.6) is 0 Å². The highest BCUT2D eigenvalue weighted by molar-refractivity contribution is 7.13. The van der Waals surface area contributed by atoms with E-state index in [9.17, 15) is 0 Å². The van der Waals surface area contributed by atoms with Crippen molar-refractivity contribution in [2.75, 3.05) is 36.0 Å². The summed E-state index contributed by atoms with van der Waals surface area (Å²) in [6, 6.07) is 2.10. The Balaban J connectivity index is 1.78. The summed E-state index contributed by atoms with van der Waals surface area (Å²) in [6.45, 7) is 8.02. The van der Waals surface area contributed by atoms with Gasteiger partial charge in [-0.25, -0.2) is 9.97 Å².